The van der Waals surface area contributed by atoms with E-state index in [2.05, 4.69) is 0 Å². The van der Waals surface area contributed by atoms with E-state index in [-0.39, 0.29) is 26.2 Å². The Morgan fingerprint density at radius 3 is 1.75 bits per heavy atom. The van der Waals surface area contributed by atoms with Crippen LogP contribution < -0.4 is 0 Å². The van der Waals surface area contributed by atoms with Gasteiger partial charge in [0.2, 0.25) is 0 Å². The molecule has 0 atom stereocenters. The Labute approximate surface area is 66.8 Å². The third-order valence-electron chi connectivity index (χ3n) is 0.349. The predicted octanol–water partition coefficient (Wildman–Crippen LogP) is -2.32. The topological polar surface area (TPSA) is 74.6 Å². The molecule has 0 saturated heterocycles. The Hall–Kier alpha value is 0.753. The normalized spacial score (nSPS) is 10.2. The van der Waals surface area contributed by atoms with E-state index < -0.39 is 22.5 Å². The van der Waals surface area contributed by atoms with Gasteiger partial charge in [-0.1, -0.05) is 0 Å². The van der Waals surface area contributed by atoms with Crippen LogP contribution in [0.5, 0.6) is 0 Å². The summed E-state index contributed by atoms with van der Waals surface area (Å²) in [6, 6.07) is 0. The van der Waals surface area contributed by atoms with Crippen molar-refractivity contribution in [2.45, 2.75) is 0 Å². The fourth-order valence-corrected chi connectivity index (χ4v) is 0.346. The van der Waals surface area contributed by atoms with Crippen LogP contribution in [-0.4, -0.2) is 56.6 Å². The SMILES string of the molecule is O=S(=O)(O)CCO.[BiH3]. The van der Waals surface area contributed by atoms with Crippen LogP contribution in [0.3, 0.4) is 0 Å². The first-order chi connectivity index (χ1) is 3.06. The van der Waals surface area contributed by atoms with Gasteiger partial charge in [-0.2, -0.15) is 8.42 Å². The van der Waals surface area contributed by atoms with Gasteiger partial charge in [0.1, 0.15) is 0 Å². The van der Waals surface area contributed by atoms with Gasteiger partial charge in [-0.3, -0.25) is 4.55 Å². The standard InChI is InChI=1S/C2H6O4S.Bi.3H/c3-1-2-7(4,5)6;;;;/h3H,1-2H2,(H,4,5,6);;;;. The van der Waals surface area contributed by atoms with Gasteiger partial charge < -0.3 is 5.11 Å². The maximum atomic E-state index is 9.63. The average Bonchev–Trinajstić information content (AvgIpc) is 1.30. The van der Waals surface area contributed by atoms with Crippen molar-refractivity contribution in [2.24, 2.45) is 0 Å². The molecule has 0 aromatic rings. The summed E-state index contributed by atoms with van der Waals surface area (Å²) >= 11 is 0. The summed E-state index contributed by atoms with van der Waals surface area (Å²) < 4.78 is 27.1. The van der Waals surface area contributed by atoms with Gasteiger partial charge >= 0.3 is 26.2 Å². The molecule has 0 unspecified atom stereocenters. The van der Waals surface area contributed by atoms with Gasteiger partial charge in [0.15, 0.2) is 0 Å². The molecule has 0 heterocycles. The minimum absolute atomic E-state index is 0. The average molecular weight is 338 g/mol. The van der Waals surface area contributed by atoms with E-state index in [1.54, 1.807) is 0 Å². The molecule has 0 fully saturated rings. The fraction of sp³-hybridized carbons (Fsp3) is 1.00. The van der Waals surface area contributed by atoms with Crippen molar-refractivity contribution in [3.8, 4) is 0 Å². The number of hydrogen-bond acceptors (Lipinski definition) is 3. The number of aliphatic hydroxyl groups excluding tert-OH is 1. The molecular weight excluding hydrogens is 329 g/mol. The van der Waals surface area contributed by atoms with E-state index in [9.17, 15) is 8.42 Å². The zero-order valence-corrected chi connectivity index (χ0v) is 10.6. The van der Waals surface area contributed by atoms with Gasteiger partial charge in [-0.15, -0.1) is 0 Å². The molecule has 4 nitrogen and oxygen atoms in total. The van der Waals surface area contributed by atoms with Crippen LogP contribution >= 0.6 is 0 Å². The van der Waals surface area contributed by atoms with Crippen molar-refractivity contribution < 1.29 is 18.1 Å². The first kappa shape index (κ1) is 11.5. The van der Waals surface area contributed by atoms with Crippen LogP contribution in [0.4, 0.5) is 0 Å². The Balaban J connectivity index is 0. The van der Waals surface area contributed by atoms with Crippen LogP contribution in [-0.2, 0) is 10.1 Å². The van der Waals surface area contributed by atoms with Crippen molar-refractivity contribution in [3.05, 3.63) is 0 Å². The predicted molar refractivity (Wildman–Crippen MR) is 33.4 cm³/mol. The monoisotopic (exact) mass is 338 g/mol. The summed E-state index contributed by atoms with van der Waals surface area (Å²) in [6.07, 6.45) is 0. The van der Waals surface area contributed by atoms with Crippen LogP contribution in [0.1, 0.15) is 0 Å². The van der Waals surface area contributed by atoms with Gasteiger partial charge in [0.05, 0.1) is 12.4 Å². The molecule has 0 aromatic carbocycles. The third kappa shape index (κ3) is 9.89. The zero-order valence-electron chi connectivity index (χ0n) is 4.24. The molecule has 0 aliphatic heterocycles. The molecule has 8 heavy (non-hydrogen) atoms. The molecule has 0 saturated carbocycles. The molecule has 0 radical (unpaired) electrons. The van der Waals surface area contributed by atoms with Crippen LogP contribution in [0.25, 0.3) is 0 Å². The van der Waals surface area contributed by atoms with E-state index in [1.807, 2.05) is 0 Å². The van der Waals surface area contributed by atoms with E-state index in [1.165, 1.54) is 0 Å². The van der Waals surface area contributed by atoms with Crippen LogP contribution in [0.15, 0.2) is 0 Å². The van der Waals surface area contributed by atoms with Crippen molar-refractivity contribution >= 4 is 36.3 Å². The summed E-state index contributed by atoms with van der Waals surface area (Å²) in [5.41, 5.74) is 0. The molecule has 52 valence electrons. The van der Waals surface area contributed by atoms with E-state index in [0.717, 1.165) is 0 Å². The molecule has 0 aliphatic carbocycles. The summed E-state index contributed by atoms with van der Waals surface area (Å²) in [7, 11) is -3.92. The Morgan fingerprint density at radius 1 is 1.38 bits per heavy atom. The maximum absolute atomic E-state index is 9.63. The van der Waals surface area contributed by atoms with Gasteiger partial charge in [-0.25, -0.2) is 0 Å². The van der Waals surface area contributed by atoms with Crippen molar-refractivity contribution in [3.63, 3.8) is 0 Å². The second-order valence-electron chi connectivity index (χ2n) is 1.01. The van der Waals surface area contributed by atoms with E-state index in [0.29, 0.717) is 0 Å². The van der Waals surface area contributed by atoms with Crippen molar-refractivity contribution in [1.29, 1.82) is 0 Å². The number of rotatable bonds is 2. The molecule has 0 bridgehead atoms. The Morgan fingerprint density at radius 2 is 1.75 bits per heavy atom. The third-order valence-corrected chi connectivity index (χ3v) is 1.05. The summed E-state index contributed by atoms with van der Waals surface area (Å²) in [4.78, 5) is 0. The molecule has 6 heteroatoms. The second-order valence-corrected chi connectivity index (χ2v) is 2.58. The molecule has 0 rings (SSSR count). The zero-order chi connectivity index (χ0) is 5.91. The molecule has 0 aliphatic rings. The number of aliphatic hydroxyl groups is 1. The van der Waals surface area contributed by atoms with E-state index >= 15 is 0 Å². The summed E-state index contributed by atoms with van der Waals surface area (Å²) in [5, 5.41) is 7.86. The van der Waals surface area contributed by atoms with Gasteiger partial charge in [-0.05, 0) is 0 Å². The first-order valence-electron chi connectivity index (χ1n) is 1.62. The second kappa shape index (κ2) is 4.61. The molecule has 0 aromatic heterocycles. The fourth-order valence-electron chi connectivity index (χ4n) is 0.115. The molecule has 2 N–H and O–H groups in total. The Kier molecular flexibility index (Phi) is 6.66. The van der Waals surface area contributed by atoms with Crippen LogP contribution in [0.2, 0.25) is 0 Å². The molecule has 0 amide bonds. The van der Waals surface area contributed by atoms with Crippen LogP contribution in [0, 0.1) is 0 Å². The summed E-state index contributed by atoms with van der Waals surface area (Å²) in [6.45, 7) is -0.529. The molecule has 0 spiro atoms. The van der Waals surface area contributed by atoms with Gasteiger partial charge in [0.25, 0.3) is 10.1 Å². The Bertz CT molecular complexity index is 127. The van der Waals surface area contributed by atoms with Gasteiger partial charge in [0, 0.05) is 0 Å². The summed E-state index contributed by atoms with van der Waals surface area (Å²) in [5.74, 6) is -0.576. The van der Waals surface area contributed by atoms with Crippen molar-refractivity contribution in [2.75, 3.05) is 12.4 Å². The van der Waals surface area contributed by atoms with Crippen molar-refractivity contribution in [1.82, 2.24) is 0 Å². The van der Waals surface area contributed by atoms with E-state index in [4.69, 9.17) is 9.66 Å². The first-order valence-corrected chi connectivity index (χ1v) is 3.23. The molecular formula is C2H9BiO4S. The quantitative estimate of drug-likeness (QED) is 0.438. The minimum atomic E-state index is -3.92. The number of hydrogen-bond donors (Lipinski definition) is 2.